The molecular weight excluding hydrogens is 262 g/mol. The summed E-state index contributed by atoms with van der Waals surface area (Å²) in [5, 5.41) is 5.12. The third kappa shape index (κ3) is 2.92. The summed E-state index contributed by atoms with van der Waals surface area (Å²) in [5.41, 5.74) is 2.48. The van der Waals surface area contributed by atoms with Crippen molar-refractivity contribution in [2.24, 2.45) is 0 Å². The van der Waals surface area contributed by atoms with Crippen LogP contribution in [0, 0.1) is 0 Å². The van der Waals surface area contributed by atoms with E-state index >= 15 is 0 Å². The number of hydrogen-bond donors (Lipinski definition) is 1. The molecule has 0 atom stereocenters. The van der Waals surface area contributed by atoms with E-state index in [0.717, 1.165) is 46.9 Å². The second-order valence-electron chi connectivity index (χ2n) is 5.31. The number of unbranched alkanes of at least 4 members (excludes halogenated alkanes) is 2. The number of benzene rings is 2. The van der Waals surface area contributed by atoms with E-state index in [1.807, 2.05) is 42.5 Å². The Morgan fingerprint density at radius 2 is 1.86 bits per heavy atom. The fourth-order valence-electron chi connectivity index (χ4n) is 2.56. The van der Waals surface area contributed by atoms with Crippen LogP contribution >= 0.6 is 0 Å². The van der Waals surface area contributed by atoms with E-state index in [0.29, 0.717) is 6.42 Å². The summed E-state index contributed by atoms with van der Waals surface area (Å²) in [7, 11) is 0. The molecule has 0 saturated heterocycles. The van der Waals surface area contributed by atoms with Crippen molar-refractivity contribution in [3.63, 3.8) is 0 Å². The Morgan fingerprint density at radius 3 is 2.71 bits per heavy atom. The van der Waals surface area contributed by atoms with Gasteiger partial charge in [0.15, 0.2) is 0 Å². The maximum Gasteiger partial charge on any atom is 0.224 e. The largest absolute Gasteiger partial charge is 0.456 e. The predicted molar refractivity (Wildman–Crippen MR) is 86.5 cm³/mol. The lowest BCUT2D eigenvalue weighted by Gasteiger charge is -2.04. The van der Waals surface area contributed by atoms with Crippen LogP contribution in [0.25, 0.3) is 21.9 Å². The van der Waals surface area contributed by atoms with E-state index in [9.17, 15) is 4.79 Å². The van der Waals surface area contributed by atoms with Gasteiger partial charge in [-0.25, -0.2) is 0 Å². The Bertz CT molecular complexity index is 773. The van der Waals surface area contributed by atoms with Gasteiger partial charge in [-0.15, -0.1) is 0 Å². The van der Waals surface area contributed by atoms with Crippen LogP contribution in [0.2, 0.25) is 0 Å². The fraction of sp³-hybridized carbons (Fsp3) is 0.278. The molecule has 3 aromatic rings. The number of fused-ring (bicyclic) bond motifs is 3. The van der Waals surface area contributed by atoms with Crippen LogP contribution in [0.15, 0.2) is 46.9 Å². The summed E-state index contributed by atoms with van der Waals surface area (Å²) in [6.45, 7) is 2.13. The summed E-state index contributed by atoms with van der Waals surface area (Å²) in [6.07, 6.45) is 3.73. The number of carbonyl (C=O) groups excluding carboxylic acids is 1. The first-order chi connectivity index (χ1) is 10.3. The topological polar surface area (TPSA) is 42.2 Å². The van der Waals surface area contributed by atoms with Gasteiger partial charge in [0.05, 0.1) is 0 Å². The lowest BCUT2D eigenvalue weighted by molar-refractivity contribution is -0.116. The van der Waals surface area contributed by atoms with E-state index in [1.54, 1.807) is 0 Å². The number of rotatable bonds is 5. The van der Waals surface area contributed by atoms with Crippen molar-refractivity contribution in [3.05, 3.63) is 42.5 Å². The standard InChI is InChI=1S/C18H19NO2/c1-2-3-4-9-18(20)19-13-10-11-15-14-7-5-6-8-16(14)21-17(15)12-13/h5-8,10-12H,2-4,9H2,1H3,(H,19,20). The molecular formula is C18H19NO2. The van der Waals surface area contributed by atoms with Crippen LogP contribution in [-0.2, 0) is 4.79 Å². The molecule has 3 heteroatoms. The van der Waals surface area contributed by atoms with Crippen LogP contribution in [0.5, 0.6) is 0 Å². The van der Waals surface area contributed by atoms with Crippen molar-refractivity contribution in [3.8, 4) is 0 Å². The van der Waals surface area contributed by atoms with Gasteiger partial charge < -0.3 is 9.73 Å². The monoisotopic (exact) mass is 281 g/mol. The minimum atomic E-state index is 0.0684. The first-order valence-electron chi connectivity index (χ1n) is 7.49. The lowest BCUT2D eigenvalue weighted by Crippen LogP contribution is -2.10. The van der Waals surface area contributed by atoms with Crippen molar-refractivity contribution in [1.29, 1.82) is 0 Å². The van der Waals surface area contributed by atoms with Crippen molar-refractivity contribution in [1.82, 2.24) is 0 Å². The van der Waals surface area contributed by atoms with Crippen LogP contribution in [0.4, 0.5) is 5.69 Å². The third-order valence-electron chi connectivity index (χ3n) is 3.67. The number of anilines is 1. The van der Waals surface area contributed by atoms with Crippen molar-refractivity contribution in [2.45, 2.75) is 32.6 Å². The zero-order valence-corrected chi connectivity index (χ0v) is 12.2. The molecule has 1 amide bonds. The smallest absolute Gasteiger partial charge is 0.224 e. The first-order valence-corrected chi connectivity index (χ1v) is 7.49. The van der Waals surface area contributed by atoms with Gasteiger partial charge in [-0.3, -0.25) is 4.79 Å². The minimum Gasteiger partial charge on any atom is -0.456 e. The molecule has 0 unspecified atom stereocenters. The second-order valence-corrected chi connectivity index (χ2v) is 5.31. The van der Waals surface area contributed by atoms with Crippen LogP contribution in [0.3, 0.4) is 0 Å². The molecule has 0 aliphatic heterocycles. The molecule has 2 aromatic carbocycles. The maximum atomic E-state index is 11.9. The fourth-order valence-corrected chi connectivity index (χ4v) is 2.56. The van der Waals surface area contributed by atoms with Gasteiger partial charge in [0, 0.05) is 28.9 Å². The van der Waals surface area contributed by atoms with Gasteiger partial charge in [-0.1, -0.05) is 38.0 Å². The van der Waals surface area contributed by atoms with E-state index in [2.05, 4.69) is 12.2 Å². The number of nitrogens with one attached hydrogen (secondary N) is 1. The SMILES string of the molecule is CCCCCC(=O)Nc1ccc2c(c1)oc1ccccc12. The van der Waals surface area contributed by atoms with Crippen LogP contribution in [0.1, 0.15) is 32.6 Å². The molecule has 0 spiro atoms. The molecule has 0 aliphatic carbocycles. The molecule has 1 aromatic heterocycles. The van der Waals surface area contributed by atoms with Crippen molar-refractivity contribution < 1.29 is 9.21 Å². The molecule has 0 saturated carbocycles. The van der Waals surface area contributed by atoms with E-state index in [4.69, 9.17) is 4.42 Å². The summed E-state index contributed by atoms with van der Waals surface area (Å²) in [5.74, 6) is 0.0684. The Morgan fingerprint density at radius 1 is 1.05 bits per heavy atom. The van der Waals surface area contributed by atoms with Gasteiger partial charge in [-0.2, -0.15) is 0 Å². The molecule has 3 rings (SSSR count). The summed E-state index contributed by atoms with van der Waals surface area (Å²) >= 11 is 0. The highest BCUT2D eigenvalue weighted by atomic mass is 16.3. The van der Waals surface area contributed by atoms with Gasteiger partial charge >= 0.3 is 0 Å². The lowest BCUT2D eigenvalue weighted by atomic mass is 10.1. The molecule has 108 valence electrons. The highest BCUT2D eigenvalue weighted by Gasteiger charge is 2.08. The Labute approximate surface area is 123 Å². The van der Waals surface area contributed by atoms with Gasteiger partial charge in [0.25, 0.3) is 0 Å². The van der Waals surface area contributed by atoms with Gasteiger partial charge in [0.1, 0.15) is 11.2 Å². The summed E-state index contributed by atoms with van der Waals surface area (Å²) in [4.78, 5) is 11.9. The summed E-state index contributed by atoms with van der Waals surface area (Å²) in [6, 6.07) is 13.8. The zero-order chi connectivity index (χ0) is 14.7. The van der Waals surface area contributed by atoms with E-state index < -0.39 is 0 Å². The predicted octanol–water partition coefficient (Wildman–Crippen LogP) is 5.10. The van der Waals surface area contributed by atoms with Gasteiger partial charge in [-0.05, 0) is 24.6 Å². The highest BCUT2D eigenvalue weighted by Crippen LogP contribution is 2.30. The number of para-hydroxylation sites is 1. The Kier molecular flexibility index (Phi) is 3.91. The quantitative estimate of drug-likeness (QED) is 0.661. The molecule has 1 N–H and O–H groups in total. The molecule has 3 nitrogen and oxygen atoms in total. The number of furan rings is 1. The molecule has 0 radical (unpaired) electrons. The molecule has 0 aliphatic rings. The van der Waals surface area contributed by atoms with E-state index in [1.165, 1.54) is 0 Å². The van der Waals surface area contributed by atoms with Gasteiger partial charge in [0.2, 0.25) is 5.91 Å². The second kappa shape index (κ2) is 6.00. The number of hydrogen-bond acceptors (Lipinski definition) is 2. The van der Waals surface area contributed by atoms with Crippen molar-refractivity contribution in [2.75, 3.05) is 5.32 Å². The first kappa shape index (κ1) is 13.7. The highest BCUT2D eigenvalue weighted by molar-refractivity contribution is 6.06. The zero-order valence-electron chi connectivity index (χ0n) is 12.2. The Hall–Kier alpha value is -2.29. The molecule has 21 heavy (non-hydrogen) atoms. The average molecular weight is 281 g/mol. The van der Waals surface area contributed by atoms with Crippen LogP contribution in [-0.4, -0.2) is 5.91 Å². The molecule has 0 bridgehead atoms. The van der Waals surface area contributed by atoms with Crippen LogP contribution < -0.4 is 5.32 Å². The minimum absolute atomic E-state index is 0.0684. The average Bonchev–Trinajstić information content (AvgIpc) is 2.85. The molecule has 1 heterocycles. The Balaban J connectivity index is 1.81. The summed E-state index contributed by atoms with van der Waals surface area (Å²) < 4.78 is 5.82. The molecule has 0 fully saturated rings. The van der Waals surface area contributed by atoms with Crippen molar-refractivity contribution >= 4 is 33.5 Å². The number of carbonyl (C=O) groups is 1. The normalized spacial score (nSPS) is 11.1. The third-order valence-corrected chi connectivity index (χ3v) is 3.67. The maximum absolute atomic E-state index is 11.9. The number of amides is 1. The van der Waals surface area contributed by atoms with E-state index in [-0.39, 0.29) is 5.91 Å².